The molecule has 0 saturated heterocycles. The van der Waals surface area contributed by atoms with E-state index in [0.717, 1.165) is 0 Å². The Labute approximate surface area is 261 Å². The Hall–Kier alpha value is -2.60. The molecule has 9 nitrogen and oxygen atoms in total. The van der Waals surface area contributed by atoms with E-state index in [9.17, 15) is 24.9 Å². The highest BCUT2D eigenvalue weighted by Crippen LogP contribution is 2.59. The molecular formula is C31H37Cl2NO8Si. The third kappa shape index (κ3) is 5.69. The molecule has 2 aliphatic carbocycles. The topological polar surface area (TPSA) is 135 Å². The fourth-order valence-electron chi connectivity index (χ4n) is 5.79. The summed E-state index contributed by atoms with van der Waals surface area (Å²) in [4.78, 5) is 25.3. The molecule has 232 valence electrons. The molecule has 0 aromatic heterocycles. The van der Waals surface area contributed by atoms with Gasteiger partial charge in [0.1, 0.15) is 18.3 Å². The van der Waals surface area contributed by atoms with Crippen molar-refractivity contribution in [3.63, 3.8) is 0 Å². The van der Waals surface area contributed by atoms with E-state index in [1.165, 1.54) is 19.1 Å². The zero-order chi connectivity index (χ0) is 31.6. The number of nitrogens with one attached hydrogen (secondary N) is 1. The SMILES string of the molecule is CC(=O)N[C@H]1CC(=O)OC[C@H](O[Si](C)(C)C(C)(C)C)c2ccc3c(c2Cl)C2=C[C@H](O)CC2(O)C3Oc2c(O)cc1cc2Cl. The molecule has 2 unspecified atom stereocenters. The van der Waals surface area contributed by atoms with Crippen LogP contribution in [-0.4, -0.2) is 53.8 Å². The molecule has 2 aromatic carbocycles. The lowest BCUT2D eigenvalue weighted by molar-refractivity contribution is -0.147. The van der Waals surface area contributed by atoms with Gasteiger partial charge < -0.3 is 34.5 Å². The van der Waals surface area contributed by atoms with Crippen molar-refractivity contribution < 1.29 is 38.8 Å². The van der Waals surface area contributed by atoms with Gasteiger partial charge in [0, 0.05) is 30.0 Å². The minimum absolute atomic E-state index is 0.00232. The van der Waals surface area contributed by atoms with Crippen LogP contribution in [0.25, 0.3) is 5.57 Å². The van der Waals surface area contributed by atoms with E-state index in [1.54, 1.807) is 18.2 Å². The lowest BCUT2D eigenvalue weighted by Gasteiger charge is -2.39. The lowest BCUT2D eigenvalue weighted by atomic mass is 9.93. The van der Waals surface area contributed by atoms with Gasteiger partial charge in [-0.25, -0.2) is 0 Å². The van der Waals surface area contributed by atoms with Gasteiger partial charge in [0.15, 0.2) is 25.9 Å². The smallest absolute Gasteiger partial charge is 0.308 e. The summed E-state index contributed by atoms with van der Waals surface area (Å²) >= 11 is 13.7. The van der Waals surface area contributed by atoms with Crippen LogP contribution < -0.4 is 10.1 Å². The van der Waals surface area contributed by atoms with Crippen LogP contribution in [0.15, 0.2) is 30.3 Å². The largest absolute Gasteiger partial charge is 0.504 e. The van der Waals surface area contributed by atoms with E-state index in [0.29, 0.717) is 27.8 Å². The van der Waals surface area contributed by atoms with Crippen molar-refractivity contribution in [1.29, 1.82) is 0 Å². The maximum absolute atomic E-state index is 13.2. The Morgan fingerprint density at radius 3 is 2.49 bits per heavy atom. The predicted molar refractivity (Wildman–Crippen MR) is 165 cm³/mol. The van der Waals surface area contributed by atoms with E-state index in [4.69, 9.17) is 37.1 Å². The van der Waals surface area contributed by atoms with Gasteiger partial charge in [-0.3, -0.25) is 9.59 Å². The lowest BCUT2D eigenvalue weighted by Crippen LogP contribution is -2.42. The van der Waals surface area contributed by atoms with E-state index in [1.807, 2.05) is 0 Å². The average molecular weight is 651 g/mol. The van der Waals surface area contributed by atoms with Crippen molar-refractivity contribution in [1.82, 2.24) is 5.32 Å². The molecule has 4 aliphatic heterocycles. The summed E-state index contributed by atoms with van der Waals surface area (Å²) in [5, 5.41) is 36.4. The second-order valence-corrected chi connectivity index (χ2v) is 18.6. The molecule has 0 spiro atoms. The summed E-state index contributed by atoms with van der Waals surface area (Å²) < 4.78 is 18.8. The van der Waals surface area contributed by atoms with Crippen LogP contribution in [0.5, 0.6) is 11.5 Å². The summed E-state index contributed by atoms with van der Waals surface area (Å²) in [7, 11) is -2.43. The average Bonchev–Trinajstić information content (AvgIpc) is 3.29. The first kappa shape index (κ1) is 31.8. The second-order valence-electron chi connectivity index (χ2n) is 13.1. The van der Waals surface area contributed by atoms with Gasteiger partial charge in [0.2, 0.25) is 5.91 Å². The third-order valence-corrected chi connectivity index (χ3v) is 14.1. The predicted octanol–water partition coefficient (Wildman–Crippen LogP) is 5.90. The van der Waals surface area contributed by atoms with Gasteiger partial charge in [-0.1, -0.05) is 56.1 Å². The van der Waals surface area contributed by atoms with Crippen LogP contribution in [0.1, 0.15) is 81.0 Å². The molecule has 4 N–H and O–H groups in total. The molecule has 2 aromatic rings. The fraction of sp³-hybridized carbons (Fsp3) is 0.484. The second kappa shape index (κ2) is 11.1. The number of amides is 1. The number of halogens is 2. The van der Waals surface area contributed by atoms with Crippen molar-refractivity contribution in [2.45, 2.75) is 88.6 Å². The number of rotatable bonds is 3. The molecule has 8 rings (SSSR count). The van der Waals surface area contributed by atoms with Crippen molar-refractivity contribution >= 4 is 49.0 Å². The van der Waals surface area contributed by atoms with Crippen molar-refractivity contribution in [2.75, 3.05) is 6.61 Å². The molecule has 12 heteroatoms. The molecule has 43 heavy (non-hydrogen) atoms. The molecule has 6 bridgehead atoms. The van der Waals surface area contributed by atoms with Crippen LogP contribution in [0, 0.1) is 0 Å². The van der Waals surface area contributed by atoms with E-state index < -0.39 is 50.1 Å². The number of aliphatic hydroxyl groups excluding tert-OH is 1. The van der Waals surface area contributed by atoms with Crippen LogP contribution >= 0.6 is 23.2 Å². The van der Waals surface area contributed by atoms with E-state index >= 15 is 0 Å². The van der Waals surface area contributed by atoms with E-state index in [2.05, 4.69) is 39.2 Å². The third-order valence-electron chi connectivity index (χ3n) is 8.95. The number of esters is 1. The maximum atomic E-state index is 13.2. The summed E-state index contributed by atoms with van der Waals surface area (Å²) in [6, 6.07) is 5.50. The molecule has 1 amide bonds. The zero-order valence-corrected chi connectivity index (χ0v) is 27.5. The number of ether oxygens (including phenoxy) is 2. The normalized spacial score (nSPS) is 27.0. The number of fused-ring (bicyclic) bond motifs is 1. The first-order valence-electron chi connectivity index (χ1n) is 14.2. The number of benzene rings is 2. The van der Waals surface area contributed by atoms with Crippen molar-refractivity contribution in [2.24, 2.45) is 0 Å². The van der Waals surface area contributed by atoms with Gasteiger partial charge in [0.25, 0.3) is 0 Å². The molecular weight excluding hydrogens is 613 g/mol. The Balaban J connectivity index is 1.71. The van der Waals surface area contributed by atoms with E-state index in [-0.39, 0.29) is 46.0 Å². The fourth-order valence-corrected chi connectivity index (χ4v) is 7.71. The number of carbonyl (C=O) groups is 2. The number of carbonyl (C=O) groups excluding carboxylic acids is 2. The standard InChI is InChI=1S/C31H37Cl2NO8Si/c1-15(35)34-22-12-25(38)40-14-24(42-43(5,6)30(2,3)4)18-7-8-19-26(27(18)33)20-11-17(36)13-31(20,39)29(19)41-28-21(32)9-16(22)10-23(28)37/h7-11,17,22,24,29,36-37,39H,12-14H2,1-6H3,(H,34,35)/t17-,22-,24-,29?,31?/m0/s1. The van der Waals surface area contributed by atoms with Crippen molar-refractivity contribution in [3.05, 3.63) is 62.6 Å². The van der Waals surface area contributed by atoms with Crippen LogP contribution in [0.3, 0.4) is 0 Å². The molecule has 0 saturated carbocycles. The quantitative estimate of drug-likeness (QED) is 0.239. The van der Waals surface area contributed by atoms with Gasteiger partial charge in [-0.2, -0.15) is 0 Å². The molecule has 0 fully saturated rings. The molecule has 5 atom stereocenters. The number of hydrogen-bond donors (Lipinski definition) is 4. The Bertz CT molecular complexity index is 1500. The summed E-state index contributed by atoms with van der Waals surface area (Å²) in [5.41, 5.74) is 0.670. The number of hydrogen-bond acceptors (Lipinski definition) is 8. The highest BCUT2D eigenvalue weighted by Gasteiger charge is 2.56. The first-order valence-corrected chi connectivity index (χ1v) is 17.8. The number of aliphatic hydroxyl groups is 2. The summed E-state index contributed by atoms with van der Waals surface area (Å²) in [5.74, 6) is -1.47. The highest BCUT2D eigenvalue weighted by molar-refractivity contribution is 6.74. The van der Waals surface area contributed by atoms with Gasteiger partial charge in [-0.05, 0) is 47.5 Å². The molecule has 6 aliphatic rings. The highest BCUT2D eigenvalue weighted by atomic mass is 35.5. The maximum Gasteiger partial charge on any atom is 0.308 e. The van der Waals surface area contributed by atoms with Crippen molar-refractivity contribution in [3.8, 4) is 11.5 Å². The Morgan fingerprint density at radius 2 is 1.86 bits per heavy atom. The zero-order valence-electron chi connectivity index (χ0n) is 25.0. The van der Waals surface area contributed by atoms with Crippen LogP contribution in [-0.2, 0) is 18.8 Å². The monoisotopic (exact) mass is 649 g/mol. The Morgan fingerprint density at radius 1 is 1.19 bits per heavy atom. The molecule has 4 heterocycles. The minimum atomic E-state index is -2.43. The summed E-state index contributed by atoms with van der Waals surface area (Å²) in [6.07, 6.45) is -1.52. The first-order chi connectivity index (χ1) is 19.9. The van der Waals surface area contributed by atoms with Crippen LogP contribution in [0.4, 0.5) is 0 Å². The molecule has 0 radical (unpaired) electrons. The number of phenols is 1. The number of aromatic hydroxyl groups is 1. The van der Waals surface area contributed by atoms with Gasteiger partial charge in [-0.15, -0.1) is 0 Å². The minimum Gasteiger partial charge on any atom is -0.504 e. The van der Waals surface area contributed by atoms with Gasteiger partial charge in [0.05, 0.1) is 28.6 Å². The Kier molecular flexibility index (Phi) is 8.20. The van der Waals surface area contributed by atoms with Gasteiger partial charge >= 0.3 is 5.97 Å². The number of phenolic OH excluding ortho intramolecular Hbond substituents is 1. The summed E-state index contributed by atoms with van der Waals surface area (Å²) in [6.45, 7) is 11.6. The van der Waals surface area contributed by atoms with Crippen LogP contribution in [0.2, 0.25) is 28.2 Å².